The van der Waals surface area contributed by atoms with Crippen LogP contribution in [0.25, 0.3) is 0 Å². The Morgan fingerprint density at radius 1 is 0.812 bits per heavy atom. The molecule has 0 aromatic carbocycles. The van der Waals surface area contributed by atoms with E-state index in [1.807, 2.05) is 6.92 Å². The zero-order valence-electron chi connectivity index (χ0n) is 20.0. The third-order valence-corrected chi connectivity index (χ3v) is 4.50. The molecule has 2 unspecified atom stereocenters. The van der Waals surface area contributed by atoms with Crippen LogP contribution in [0.4, 0.5) is 0 Å². The Morgan fingerprint density at radius 3 is 1.84 bits per heavy atom. The second-order valence-electron chi connectivity index (χ2n) is 7.44. The summed E-state index contributed by atoms with van der Waals surface area (Å²) in [7, 11) is 0. The van der Waals surface area contributed by atoms with Gasteiger partial charge in [-0.15, -0.1) is 0 Å². The summed E-state index contributed by atoms with van der Waals surface area (Å²) in [6.07, 6.45) is 28.6. The van der Waals surface area contributed by atoms with Gasteiger partial charge in [-0.05, 0) is 57.8 Å². The lowest BCUT2D eigenvalue weighted by Crippen LogP contribution is -2.30. The average molecular weight is 449 g/mol. The zero-order valence-corrected chi connectivity index (χ0v) is 20.0. The van der Waals surface area contributed by atoms with Crippen LogP contribution < -0.4 is 0 Å². The van der Waals surface area contributed by atoms with Gasteiger partial charge in [0.25, 0.3) is 0 Å². The molecule has 2 atom stereocenters. The van der Waals surface area contributed by atoms with E-state index >= 15 is 0 Å². The number of esters is 1. The van der Waals surface area contributed by atoms with Gasteiger partial charge < -0.3 is 19.7 Å². The second-order valence-corrected chi connectivity index (χ2v) is 7.44. The minimum atomic E-state index is -1.04. The highest BCUT2D eigenvalue weighted by Gasteiger charge is 2.19. The average Bonchev–Trinajstić information content (AvgIpc) is 2.81. The van der Waals surface area contributed by atoms with Crippen molar-refractivity contribution in [2.45, 2.75) is 83.8 Å². The fraction of sp³-hybridized carbons (Fsp3) is 0.593. The molecule has 0 saturated heterocycles. The van der Waals surface area contributed by atoms with Gasteiger partial charge in [-0.25, -0.2) is 4.79 Å². The number of hydrogen-bond acceptors (Lipinski definition) is 5. The van der Waals surface area contributed by atoms with Crippen LogP contribution in [-0.2, 0) is 14.3 Å². The molecule has 0 heterocycles. The topological polar surface area (TPSA) is 76.0 Å². The van der Waals surface area contributed by atoms with Crippen LogP contribution >= 0.6 is 0 Å². The maximum Gasteiger partial charge on any atom is 0.335 e. The van der Waals surface area contributed by atoms with Crippen LogP contribution in [0.1, 0.15) is 71.6 Å². The molecule has 0 aliphatic heterocycles. The van der Waals surface area contributed by atoms with Gasteiger partial charge in [0.1, 0.15) is 12.7 Å². The summed E-state index contributed by atoms with van der Waals surface area (Å²) < 4.78 is 10.5. The van der Waals surface area contributed by atoms with Crippen molar-refractivity contribution in [2.75, 3.05) is 19.8 Å². The van der Waals surface area contributed by atoms with E-state index in [2.05, 4.69) is 67.7 Å². The molecule has 5 nitrogen and oxygen atoms in total. The van der Waals surface area contributed by atoms with Crippen molar-refractivity contribution < 1.29 is 24.5 Å². The first kappa shape index (κ1) is 30.0. The Bertz CT molecular complexity index is 575. The zero-order chi connectivity index (χ0) is 23.7. The van der Waals surface area contributed by atoms with E-state index < -0.39 is 24.8 Å². The van der Waals surface area contributed by atoms with Crippen LogP contribution in [0.2, 0.25) is 0 Å². The molecule has 32 heavy (non-hydrogen) atoms. The van der Waals surface area contributed by atoms with Crippen LogP contribution in [0, 0.1) is 0 Å². The van der Waals surface area contributed by atoms with E-state index in [1.54, 1.807) is 0 Å². The number of ether oxygens (including phenoxy) is 2. The molecule has 0 aromatic heterocycles. The van der Waals surface area contributed by atoms with Crippen molar-refractivity contribution >= 4 is 5.97 Å². The van der Waals surface area contributed by atoms with Crippen molar-refractivity contribution in [3.8, 4) is 0 Å². The molecule has 2 N–H and O–H groups in total. The lowest BCUT2D eigenvalue weighted by atomic mass is 10.2. The van der Waals surface area contributed by atoms with Gasteiger partial charge in [-0.2, -0.15) is 0 Å². The molecule has 0 aliphatic carbocycles. The van der Waals surface area contributed by atoms with Gasteiger partial charge in [-0.3, -0.25) is 0 Å². The first-order chi connectivity index (χ1) is 15.7. The number of hydrogen-bond donors (Lipinski definition) is 2. The van der Waals surface area contributed by atoms with Crippen molar-refractivity contribution in [2.24, 2.45) is 0 Å². The smallest absolute Gasteiger partial charge is 0.335 e. The molecule has 0 radical (unpaired) electrons. The van der Waals surface area contributed by atoms with Crippen LogP contribution in [0.15, 0.2) is 60.8 Å². The molecular formula is C27H44O5. The molecule has 0 rings (SSSR count). The Hall–Kier alpha value is -1.95. The first-order valence-electron chi connectivity index (χ1n) is 12.0. The SMILES string of the molecule is CC/C=C\C/C=C\C/C=C\C/C=C\C/C=C\CCCCOC(CC)C(=O)OCC(O)CO. The number of aliphatic hydroxyl groups excluding tert-OH is 2. The number of rotatable bonds is 20. The molecule has 0 spiro atoms. The molecule has 0 amide bonds. The van der Waals surface area contributed by atoms with Crippen molar-refractivity contribution in [1.29, 1.82) is 0 Å². The molecule has 182 valence electrons. The summed E-state index contributed by atoms with van der Waals surface area (Å²) in [5, 5.41) is 18.0. The Balaban J connectivity index is 3.67. The van der Waals surface area contributed by atoms with E-state index in [0.717, 1.165) is 51.4 Å². The normalized spacial score (nSPS) is 14.5. The van der Waals surface area contributed by atoms with Gasteiger partial charge in [0, 0.05) is 6.61 Å². The molecule has 5 heteroatoms. The standard InChI is InChI=1S/C27H44O5/c1-3-5-6-7-8-9-10-11-12-13-14-15-16-17-18-19-20-21-22-31-26(4-2)27(30)32-24-25(29)23-28/h5-6,8-9,11-12,14-15,17-18,25-26,28-29H,3-4,7,10,13,16,19-24H2,1-2H3/b6-5-,9-8-,12-11-,15-14-,18-17-. The summed E-state index contributed by atoms with van der Waals surface area (Å²) >= 11 is 0. The maximum absolute atomic E-state index is 11.9. The fourth-order valence-electron chi connectivity index (χ4n) is 2.63. The summed E-state index contributed by atoms with van der Waals surface area (Å²) in [5.74, 6) is -0.488. The Morgan fingerprint density at radius 2 is 1.34 bits per heavy atom. The predicted octanol–water partition coefficient (Wildman–Crippen LogP) is 5.60. The largest absolute Gasteiger partial charge is 0.461 e. The lowest BCUT2D eigenvalue weighted by Gasteiger charge is -2.16. The third-order valence-electron chi connectivity index (χ3n) is 4.50. The van der Waals surface area contributed by atoms with E-state index in [0.29, 0.717) is 13.0 Å². The highest BCUT2D eigenvalue weighted by molar-refractivity contribution is 5.74. The highest BCUT2D eigenvalue weighted by Crippen LogP contribution is 2.05. The Kier molecular flexibility index (Phi) is 22.3. The maximum atomic E-state index is 11.9. The van der Waals surface area contributed by atoms with E-state index in [9.17, 15) is 9.90 Å². The molecular weight excluding hydrogens is 404 g/mol. The van der Waals surface area contributed by atoms with Crippen LogP contribution in [0.3, 0.4) is 0 Å². The summed E-state index contributed by atoms with van der Waals surface area (Å²) in [5.41, 5.74) is 0. The quantitative estimate of drug-likeness (QED) is 0.144. The Labute approximate surface area is 195 Å². The predicted molar refractivity (Wildman–Crippen MR) is 132 cm³/mol. The number of carbonyl (C=O) groups excluding carboxylic acids is 1. The van der Waals surface area contributed by atoms with Crippen molar-refractivity contribution in [1.82, 2.24) is 0 Å². The molecule has 0 fully saturated rings. The van der Waals surface area contributed by atoms with Crippen molar-refractivity contribution in [3.05, 3.63) is 60.8 Å². The van der Waals surface area contributed by atoms with Crippen molar-refractivity contribution in [3.63, 3.8) is 0 Å². The van der Waals surface area contributed by atoms with E-state index in [1.165, 1.54) is 0 Å². The van der Waals surface area contributed by atoms with Crippen LogP contribution in [0.5, 0.6) is 0 Å². The summed E-state index contributed by atoms with van der Waals surface area (Å²) in [4.78, 5) is 11.9. The monoisotopic (exact) mass is 448 g/mol. The highest BCUT2D eigenvalue weighted by atomic mass is 16.6. The molecule has 0 aromatic rings. The fourth-order valence-corrected chi connectivity index (χ4v) is 2.63. The second kappa shape index (κ2) is 23.7. The first-order valence-corrected chi connectivity index (χ1v) is 12.0. The minimum absolute atomic E-state index is 0.209. The molecule has 0 aliphatic rings. The van der Waals surface area contributed by atoms with Gasteiger partial charge in [-0.1, -0.05) is 74.6 Å². The minimum Gasteiger partial charge on any atom is -0.461 e. The summed E-state index contributed by atoms with van der Waals surface area (Å²) in [6, 6.07) is 0. The van der Waals surface area contributed by atoms with Gasteiger partial charge in [0.15, 0.2) is 6.10 Å². The third kappa shape index (κ3) is 20.0. The number of aliphatic hydroxyl groups is 2. The lowest BCUT2D eigenvalue weighted by molar-refractivity contribution is -0.161. The van der Waals surface area contributed by atoms with Gasteiger partial charge >= 0.3 is 5.97 Å². The van der Waals surface area contributed by atoms with E-state index in [-0.39, 0.29) is 6.61 Å². The molecule has 0 saturated carbocycles. The summed E-state index contributed by atoms with van der Waals surface area (Å²) in [6.45, 7) is 3.86. The van der Waals surface area contributed by atoms with E-state index in [4.69, 9.17) is 14.6 Å². The number of carbonyl (C=O) groups is 1. The van der Waals surface area contributed by atoms with Gasteiger partial charge in [0.2, 0.25) is 0 Å². The number of unbranched alkanes of at least 4 members (excludes halogenated alkanes) is 2. The molecule has 0 bridgehead atoms. The number of allylic oxidation sites excluding steroid dienone is 10. The van der Waals surface area contributed by atoms with Gasteiger partial charge in [0.05, 0.1) is 6.61 Å². The van der Waals surface area contributed by atoms with Crippen LogP contribution in [-0.4, -0.2) is 48.2 Å².